The van der Waals surface area contributed by atoms with E-state index < -0.39 is 29.9 Å². The average Bonchev–Trinajstić information content (AvgIpc) is 3.13. The maximum Gasteiger partial charge on any atom is 0.243 e. The van der Waals surface area contributed by atoms with Crippen LogP contribution in [0.5, 0.6) is 0 Å². The number of guanidine groups is 2. The molecule has 0 aromatic heterocycles. The third-order valence-electron chi connectivity index (χ3n) is 8.02. The van der Waals surface area contributed by atoms with Crippen LogP contribution in [0.4, 0.5) is 5.69 Å². The van der Waals surface area contributed by atoms with E-state index in [-0.39, 0.29) is 43.6 Å². The fraction of sp³-hybridized carbons (Fsp3) is 0.237. The predicted molar refractivity (Wildman–Crippen MR) is 201 cm³/mol. The van der Waals surface area contributed by atoms with Crippen molar-refractivity contribution >= 4 is 35.3 Å². The Balaban J connectivity index is 1.55. The molecule has 0 aliphatic heterocycles. The van der Waals surface area contributed by atoms with Gasteiger partial charge in [0, 0.05) is 25.9 Å². The number of carbonyl (C=O) groups is 3. The van der Waals surface area contributed by atoms with E-state index in [2.05, 4.69) is 25.9 Å². The zero-order valence-electron chi connectivity index (χ0n) is 28.4. The number of hydrogen-bond donors (Lipinski definition) is 8. The van der Waals surface area contributed by atoms with Crippen LogP contribution in [0, 0.1) is 0 Å². The van der Waals surface area contributed by atoms with E-state index in [1.54, 1.807) is 24.3 Å². The molecule has 0 saturated heterocycles. The lowest BCUT2D eigenvalue weighted by Crippen LogP contribution is -2.56. The van der Waals surface area contributed by atoms with Crippen molar-refractivity contribution < 1.29 is 14.4 Å². The minimum Gasteiger partial charge on any atom is -0.370 e. The first-order valence-electron chi connectivity index (χ1n) is 16.6. The first-order chi connectivity index (χ1) is 24.6. The van der Waals surface area contributed by atoms with Crippen molar-refractivity contribution in [2.24, 2.45) is 38.7 Å². The summed E-state index contributed by atoms with van der Waals surface area (Å²) in [7, 11) is 0. The number of benzene rings is 4. The summed E-state index contributed by atoms with van der Waals surface area (Å²) in [5.74, 6) is -1.59. The van der Waals surface area contributed by atoms with Gasteiger partial charge in [-0.25, -0.2) is 4.99 Å². The van der Waals surface area contributed by atoms with Crippen LogP contribution in [0.1, 0.15) is 29.5 Å². The first kappa shape index (κ1) is 37.6. The molecule has 13 heteroatoms. The molecular weight excluding hydrogens is 644 g/mol. The molecule has 4 rings (SSSR count). The van der Waals surface area contributed by atoms with Crippen LogP contribution in [0.3, 0.4) is 0 Å². The van der Waals surface area contributed by atoms with Crippen LogP contribution in [-0.2, 0) is 33.8 Å². The monoisotopic (exact) mass is 690 g/mol. The molecule has 0 bridgehead atoms. The lowest BCUT2D eigenvalue weighted by atomic mass is 9.99. The van der Waals surface area contributed by atoms with Crippen molar-refractivity contribution in [1.29, 1.82) is 0 Å². The fourth-order valence-corrected chi connectivity index (χ4v) is 5.32. The maximum atomic E-state index is 14.0. The van der Waals surface area contributed by atoms with Gasteiger partial charge in [-0.05, 0) is 52.8 Å². The Morgan fingerprint density at radius 1 is 0.588 bits per heavy atom. The highest BCUT2D eigenvalue weighted by Gasteiger charge is 2.29. The highest BCUT2D eigenvalue weighted by Crippen LogP contribution is 2.20. The quantitative estimate of drug-likeness (QED) is 0.0460. The van der Waals surface area contributed by atoms with Gasteiger partial charge in [-0.1, -0.05) is 97.1 Å². The van der Waals surface area contributed by atoms with Gasteiger partial charge in [0.2, 0.25) is 17.7 Å². The Hall–Kier alpha value is -6.21. The molecule has 0 aliphatic carbocycles. The lowest BCUT2D eigenvalue weighted by molar-refractivity contribution is -0.132. The molecule has 13 N–H and O–H groups in total. The number of nitrogens with two attached hydrogens (primary N) is 5. The molecule has 0 heterocycles. The van der Waals surface area contributed by atoms with E-state index in [0.717, 1.165) is 22.3 Å². The average molecular weight is 691 g/mol. The van der Waals surface area contributed by atoms with Gasteiger partial charge in [0.1, 0.15) is 12.1 Å². The summed E-state index contributed by atoms with van der Waals surface area (Å²) in [4.78, 5) is 48.9. The normalized spacial score (nSPS) is 12.4. The van der Waals surface area contributed by atoms with Crippen LogP contribution >= 0.6 is 0 Å². The van der Waals surface area contributed by atoms with Gasteiger partial charge in [0.15, 0.2) is 11.9 Å². The Morgan fingerprint density at radius 3 is 1.71 bits per heavy atom. The highest BCUT2D eigenvalue weighted by molar-refractivity contribution is 5.93. The van der Waals surface area contributed by atoms with Gasteiger partial charge in [0.05, 0.1) is 11.7 Å². The molecule has 51 heavy (non-hydrogen) atoms. The third-order valence-corrected chi connectivity index (χ3v) is 8.02. The molecule has 13 nitrogen and oxygen atoms in total. The van der Waals surface area contributed by atoms with Crippen LogP contribution in [0.2, 0.25) is 0 Å². The zero-order chi connectivity index (χ0) is 36.6. The number of rotatable bonds is 17. The smallest absolute Gasteiger partial charge is 0.243 e. The topological polar surface area (TPSA) is 242 Å². The Bertz CT molecular complexity index is 1770. The van der Waals surface area contributed by atoms with E-state index in [0.29, 0.717) is 24.2 Å². The first-order valence-corrected chi connectivity index (χ1v) is 16.6. The van der Waals surface area contributed by atoms with Crippen molar-refractivity contribution in [3.05, 3.63) is 126 Å². The summed E-state index contributed by atoms with van der Waals surface area (Å²) in [6.45, 7) is 0.581. The SMILES string of the molecule is NC(N)=NCCC[C@H](N)C(=O)N[C@@H](Cc1ccc(N=C(N)N)cc1)C(=O)N[C@@H](Cc1ccc(-c2ccccc2)cc1)C(=O)NCc1ccccc1. The van der Waals surface area contributed by atoms with Crippen molar-refractivity contribution in [3.8, 4) is 11.1 Å². The molecule has 0 spiro atoms. The molecule has 0 unspecified atom stereocenters. The second kappa shape index (κ2) is 19.1. The summed E-state index contributed by atoms with van der Waals surface area (Å²) in [6, 6.07) is 31.2. The molecule has 0 aliphatic rings. The summed E-state index contributed by atoms with van der Waals surface area (Å²) in [5.41, 5.74) is 33.0. The Morgan fingerprint density at radius 2 is 1.12 bits per heavy atom. The molecular formula is C38H46N10O3. The summed E-state index contributed by atoms with van der Waals surface area (Å²) >= 11 is 0. The predicted octanol–water partition coefficient (Wildman–Crippen LogP) is 1.71. The molecule has 0 saturated carbocycles. The number of nitrogens with zero attached hydrogens (tertiary/aromatic N) is 2. The Labute approximate surface area is 297 Å². The van der Waals surface area contributed by atoms with Crippen molar-refractivity contribution in [2.75, 3.05) is 6.54 Å². The molecule has 4 aromatic rings. The van der Waals surface area contributed by atoms with E-state index in [4.69, 9.17) is 28.7 Å². The van der Waals surface area contributed by atoms with Crippen molar-refractivity contribution in [2.45, 2.75) is 50.4 Å². The fourth-order valence-electron chi connectivity index (χ4n) is 5.32. The van der Waals surface area contributed by atoms with Gasteiger partial charge in [-0.15, -0.1) is 0 Å². The molecule has 0 fully saturated rings. The van der Waals surface area contributed by atoms with Crippen molar-refractivity contribution in [3.63, 3.8) is 0 Å². The minimum atomic E-state index is -1.07. The van der Waals surface area contributed by atoms with E-state index >= 15 is 0 Å². The molecule has 3 atom stereocenters. The van der Waals surface area contributed by atoms with Crippen LogP contribution in [-0.4, -0.2) is 54.3 Å². The number of nitrogens with one attached hydrogen (secondary N) is 3. The second-order valence-corrected chi connectivity index (χ2v) is 12.1. The highest BCUT2D eigenvalue weighted by atomic mass is 16.2. The van der Waals surface area contributed by atoms with E-state index in [9.17, 15) is 14.4 Å². The van der Waals surface area contributed by atoms with Crippen LogP contribution in [0.25, 0.3) is 11.1 Å². The van der Waals surface area contributed by atoms with E-state index in [1.807, 2.05) is 84.9 Å². The van der Waals surface area contributed by atoms with Gasteiger partial charge < -0.3 is 44.6 Å². The van der Waals surface area contributed by atoms with Gasteiger partial charge >= 0.3 is 0 Å². The van der Waals surface area contributed by atoms with Crippen molar-refractivity contribution in [1.82, 2.24) is 16.0 Å². The maximum absolute atomic E-state index is 14.0. The zero-order valence-corrected chi connectivity index (χ0v) is 28.4. The lowest BCUT2D eigenvalue weighted by Gasteiger charge is -2.25. The second-order valence-electron chi connectivity index (χ2n) is 12.1. The molecule has 0 radical (unpaired) electrons. The number of carbonyl (C=O) groups excluding carboxylic acids is 3. The number of aliphatic imine (C=N–C) groups is 2. The molecule has 4 aromatic carbocycles. The Kier molecular flexibility index (Phi) is 14.1. The minimum absolute atomic E-state index is 0.0508. The van der Waals surface area contributed by atoms with Crippen LogP contribution < -0.4 is 44.6 Å². The summed E-state index contributed by atoms with van der Waals surface area (Å²) in [6.07, 6.45) is 1.06. The largest absolute Gasteiger partial charge is 0.370 e. The van der Waals surface area contributed by atoms with Gasteiger partial charge in [0.25, 0.3) is 0 Å². The standard InChI is InChI=1S/C38H46N10O3/c39-31(12-7-21-44-37(40)41)34(49)47-33(23-26-15-19-30(20-16-26)46-38(42)43)36(51)48-32(35(50)45-24-27-8-3-1-4-9-27)22-25-13-17-29(18-14-25)28-10-5-2-6-11-28/h1-6,8-11,13-20,31-33H,7,12,21-24,39H2,(H,45,50)(H,47,49)(H,48,51)(H4,40,41,44)(H4,42,43,46)/t31-,32-,33-/m0/s1. The van der Waals surface area contributed by atoms with Crippen LogP contribution in [0.15, 0.2) is 119 Å². The molecule has 3 amide bonds. The van der Waals surface area contributed by atoms with Gasteiger partial charge in [-0.3, -0.25) is 19.4 Å². The molecule has 266 valence electrons. The van der Waals surface area contributed by atoms with Gasteiger partial charge in [-0.2, -0.15) is 0 Å². The van der Waals surface area contributed by atoms with E-state index in [1.165, 1.54) is 0 Å². The third kappa shape index (κ3) is 12.6. The summed E-state index contributed by atoms with van der Waals surface area (Å²) in [5, 5.41) is 8.65. The summed E-state index contributed by atoms with van der Waals surface area (Å²) < 4.78 is 0. The number of amides is 3. The number of hydrogen-bond acceptors (Lipinski definition) is 6.